The van der Waals surface area contributed by atoms with Crippen molar-refractivity contribution >= 4 is 5.91 Å². The summed E-state index contributed by atoms with van der Waals surface area (Å²) < 4.78 is 0. The summed E-state index contributed by atoms with van der Waals surface area (Å²) in [5.41, 5.74) is 1.79. The van der Waals surface area contributed by atoms with Crippen molar-refractivity contribution in [2.24, 2.45) is 11.3 Å². The lowest BCUT2D eigenvalue weighted by atomic mass is 9.80. The van der Waals surface area contributed by atoms with Crippen molar-refractivity contribution in [1.29, 1.82) is 5.26 Å². The molecule has 0 bridgehead atoms. The normalized spacial score (nSPS) is 12.6. The third-order valence-electron chi connectivity index (χ3n) is 3.54. The predicted octanol–water partition coefficient (Wildman–Crippen LogP) is 3.25. The Morgan fingerprint density at radius 2 is 1.89 bits per heavy atom. The second kappa shape index (κ2) is 6.38. The van der Waals surface area contributed by atoms with Crippen LogP contribution in [0.3, 0.4) is 0 Å². The summed E-state index contributed by atoms with van der Waals surface area (Å²) in [7, 11) is 0. The van der Waals surface area contributed by atoms with Gasteiger partial charge in [-0.3, -0.25) is 4.79 Å². The molecule has 0 aromatic heterocycles. The van der Waals surface area contributed by atoms with Gasteiger partial charge in [0.05, 0.1) is 11.6 Å². The smallest absolute Gasteiger partial charge is 0.220 e. The van der Waals surface area contributed by atoms with Gasteiger partial charge < -0.3 is 5.32 Å². The molecular formula is C16H22N2O. The first-order chi connectivity index (χ1) is 8.82. The Bertz CT molecular complexity index is 463. The number of carbonyl (C=O) groups is 1. The molecule has 1 aromatic carbocycles. The van der Waals surface area contributed by atoms with Gasteiger partial charge in [0.25, 0.3) is 0 Å². The van der Waals surface area contributed by atoms with E-state index in [4.69, 9.17) is 5.26 Å². The van der Waals surface area contributed by atoms with Crippen molar-refractivity contribution < 1.29 is 4.79 Å². The van der Waals surface area contributed by atoms with Crippen LogP contribution >= 0.6 is 0 Å². The van der Waals surface area contributed by atoms with Gasteiger partial charge in [0.15, 0.2) is 0 Å². The molecule has 0 radical (unpaired) electrons. The summed E-state index contributed by atoms with van der Waals surface area (Å²) >= 11 is 0. The van der Waals surface area contributed by atoms with Crippen molar-refractivity contribution in [3.05, 3.63) is 35.4 Å². The van der Waals surface area contributed by atoms with Gasteiger partial charge in [0.2, 0.25) is 5.91 Å². The summed E-state index contributed by atoms with van der Waals surface area (Å²) in [6, 6.07) is 9.33. The quantitative estimate of drug-likeness (QED) is 0.901. The number of rotatable bonds is 4. The summed E-state index contributed by atoms with van der Waals surface area (Å²) in [6.07, 6.45) is 0.541. The number of carbonyl (C=O) groups excluding carboxylic acids is 1. The maximum Gasteiger partial charge on any atom is 0.220 e. The highest BCUT2D eigenvalue weighted by atomic mass is 16.1. The lowest BCUT2D eigenvalue weighted by molar-refractivity contribution is -0.122. The average molecular weight is 258 g/mol. The van der Waals surface area contributed by atoms with Crippen molar-refractivity contribution in [1.82, 2.24) is 5.32 Å². The van der Waals surface area contributed by atoms with Crippen molar-refractivity contribution in [3.63, 3.8) is 0 Å². The molecule has 0 fully saturated rings. The zero-order valence-electron chi connectivity index (χ0n) is 12.2. The zero-order valence-corrected chi connectivity index (χ0v) is 12.2. The van der Waals surface area contributed by atoms with Crippen LogP contribution in [0.25, 0.3) is 0 Å². The van der Waals surface area contributed by atoms with E-state index in [9.17, 15) is 4.79 Å². The van der Waals surface area contributed by atoms with Crippen LogP contribution in [0.1, 0.15) is 45.2 Å². The van der Waals surface area contributed by atoms with E-state index in [1.807, 2.05) is 12.1 Å². The molecular weight excluding hydrogens is 236 g/mol. The molecule has 1 aromatic rings. The molecule has 1 atom stereocenters. The van der Waals surface area contributed by atoms with E-state index in [1.165, 1.54) is 0 Å². The molecule has 0 heterocycles. The van der Waals surface area contributed by atoms with Gasteiger partial charge >= 0.3 is 0 Å². The Kier molecular flexibility index (Phi) is 5.11. The molecule has 1 unspecified atom stereocenters. The van der Waals surface area contributed by atoms with Crippen LogP contribution in [0.4, 0.5) is 0 Å². The average Bonchev–Trinajstić information content (AvgIpc) is 2.35. The van der Waals surface area contributed by atoms with Gasteiger partial charge in [-0.1, -0.05) is 39.8 Å². The first-order valence-corrected chi connectivity index (χ1v) is 6.58. The number of benzene rings is 1. The van der Waals surface area contributed by atoms with Gasteiger partial charge in [0, 0.05) is 13.0 Å². The van der Waals surface area contributed by atoms with Crippen LogP contribution in [-0.2, 0) is 11.3 Å². The summed E-state index contributed by atoms with van der Waals surface area (Å²) in [5, 5.41) is 11.6. The molecule has 0 saturated heterocycles. The maximum absolute atomic E-state index is 11.8. The Balaban J connectivity index is 2.44. The van der Waals surface area contributed by atoms with E-state index in [2.05, 4.69) is 39.1 Å². The monoisotopic (exact) mass is 258 g/mol. The molecule has 102 valence electrons. The van der Waals surface area contributed by atoms with Crippen molar-refractivity contribution in [2.45, 2.75) is 40.7 Å². The molecule has 19 heavy (non-hydrogen) atoms. The van der Waals surface area contributed by atoms with Crippen LogP contribution in [0.15, 0.2) is 24.3 Å². The van der Waals surface area contributed by atoms with Gasteiger partial charge in [0.1, 0.15) is 0 Å². The lowest BCUT2D eigenvalue weighted by Gasteiger charge is -2.26. The highest BCUT2D eigenvalue weighted by Crippen LogP contribution is 2.27. The lowest BCUT2D eigenvalue weighted by Crippen LogP contribution is -2.28. The van der Waals surface area contributed by atoms with Crippen LogP contribution in [0.2, 0.25) is 0 Å². The van der Waals surface area contributed by atoms with Crippen molar-refractivity contribution in [2.75, 3.05) is 0 Å². The molecule has 0 spiro atoms. The third-order valence-corrected chi connectivity index (χ3v) is 3.54. The number of nitriles is 1. The zero-order chi connectivity index (χ0) is 14.5. The van der Waals surface area contributed by atoms with Gasteiger partial charge in [-0.25, -0.2) is 0 Å². The standard InChI is InChI=1S/C16H22N2O/c1-12(16(2,3)4)9-15(19)18-11-14-7-5-13(10-17)6-8-14/h5-8,12H,9,11H2,1-4H3,(H,18,19). The van der Waals surface area contributed by atoms with Gasteiger partial charge in [-0.05, 0) is 29.0 Å². The number of amides is 1. The van der Waals surface area contributed by atoms with Gasteiger partial charge in [-0.2, -0.15) is 5.26 Å². The highest BCUT2D eigenvalue weighted by molar-refractivity contribution is 5.76. The minimum absolute atomic E-state index is 0.0757. The second-order valence-electron chi connectivity index (χ2n) is 6.06. The number of hydrogen-bond donors (Lipinski definition) is 1. The molecule has 0 aliphatic rings. The minimum atomic E-state index is 0.0757. The summed E-state index contributed by atoms with van der Waals surface area (Å²) in [5.74, 6) is 0.417. The summed E-state index contributed by atoms with van der Waals surface area (Å²) in [6.45, 7) is 9.05. The fourth-order valence-electron chi connectivity index (χ4n) is 1.55. The fourth-order valence-corrected chi connectivity index (χ4v) is 1.55. The molecule has 0 aliphatic carbocycles. The summed E-state index contributed by atoms with van der Waals surface area (Å²) in [4.78, 5) is 11.8. The van der Waals surface area contributed by atoms with E-state index < -0.39 is 0 Å². The minimum Gasteiger partial charge on any atom is -0.352 e. The Morgan fingerprint density at radius 3 is 2.37 bits per heavy atom. The van der Waals surface area contributed by atoms with Gasteiger partial charge in [-0.15, -0.1) is 0 Å². The van der Waals surface area contributed by atoms with E-state index >= 15 is 0 Å². The second-order valence-corrected chi connectivity index (χ2v) is 6.06. The van der Waals surface area contributed by atoms with E-state index in [1.54, 1.807) is 12.1 Å². The highest BCUT2D eigenvalue weighted by Gasteiger charge is 2.22. The van der Waals surface area contributed by atoms with E-state index in [-0.39, 0.29) is 11.3 Å². The number of nitrogens with one attached hydrogen (secondary N) is 1. The van der Waals surface area contributed by atoms with Crippen LogP contribution in [0.5, 0.6) is 0 Å². The van der Waals surface area contributed by atoms with Crippen LogP contribution < -0.4 is 5.32 Å². The first-order valence-electron chi connectivity index (χ1n) is 6.58. The van der Waals surface area contributed by atoms with E-state index in [0.717, 1.165) is 5.56 Å². The molecule has 0 aliphatic heterocycles. The molecule has 3 heteroatoms. The molecule has 1 N–H and O–H groups in total. The molecule has 3 nitrogen and oxygen atoms in total. The topological polar surface area (TPSA) is 52.9 Å². The molecule has 1 amide bonds. The molecule has 0 saturated carbocycles. The van der Waals surface area contributed by atoms with Crippen LogP contribution in [0, 0.1) is 22.7 Å². The third kappa shape index (κ3) is 5.13. The fraction of sp³-hybridized carbons (Fsp3) is 0.500. The Labute approximate surface area is 115 Å². The Hall–Kier alpha value is -1.82. The predicted molar refractivity (Wildman–Crippen MR) is 76.2 cm³/mol. The maximum atomic E-state index is 11.8. The largest absolute Gasteiger partial charge is 0.352 e. The number of hydrogen-bond acceptors (Lipinski definition) is 2. The molecule has 1 rings (SSSR count). The van der Waals surface area contributed by atoms with Crippen molar-refractivity contribution in [3.8, 4) is 6.07 Å². The SMILES string of the molecule is CC(CC(=O)NCc1ccc(C#N)cc1)C(C)(C)C. The Morgan fingerprint density at radius 1 is 1.32 bits per heavy atom. The first kappa shape index (κ1) is 15.2. The number of nitrogens with zero attached hydrogens (tertiary/aromatic N) is 1. The van der Waals surface area contributed by atoms with Crippen LogP contribution in [-0.4, -0.2) is 5.91 Å². The van der Waals surface area contributed by atoms with E-state index in [0.29, 0.717) is 24.4 Å².